The van der Waals surface area contributed by atoms with Gasteiger partial charge in [-0.1, -0.05) is 6.07 Å². The summed E-state index contributed by atoms with van der Waals surface area (Å²) in [5.41, 5.74) is 2.80. The van der Waals surface area contributed by atoms with Crippen LogP contribution in [0.25, 0.3) is 11.5 Å². The van der Waals surface area contributed by atoms with Gasteiger partial charge < -0.3 is 10.1 Å². The lowest BCUT2D eigenvalue weighted by Crippen LogP contribution is -2.38. The van der Waals surface area contributed by atoms with Crippen molar-refractivity contribution in [3.8, 4) is 11.5 Å². The maximum Gasteiger partial charge on any atom is 0.249 e. The number of ether oxygens (including phenoxy) is 1. The number of aromatic nitrogens is 3. The maximum atomic E-state index is 12.3. The van der Waals surface area contributed by atoms with E-state index < -0.39 is 0 Å². The van der Waals surface area contributed by atoms with Gasteiger partial charge in [0.1, 0.15) is 11.8 Å². The largest absolute Gasteiger partial charge is 0.368 e. The number of hydrogen-bond acceptors (Lipinski definition) is 5. The fourth-order valence-electron chi connectivity index (χ4n) is 3.36. The van der Waals surface area contributed by atoms with Gasteiger partial charge in [-0.25, -0.2) is 9.97 Å². The molecule has 2 aliphatic rings. The third-order valence-electron chi connectivity index (χ3n) is 4.61. The molecule has 1 aliphatic heterocycles. The summed E-state index contributed by atoms with van der Waals surface area (Å²) in [5, 5.41) is 3.12. The number of nitrogens with zero attached hydrogens (tertiary/aromatic N) is 3. The molecule has 2 aromatic heterocycles. The third kappa shape index (κ3) is 3.01. The van der Waals surface area contributed by atoms with E-state index in [0.29, 0.717) is 12.4 Å². The summed E-state index contributed by atoms with van der Waals surface area (Å²) in [4.78, 5) is 25.8. The van der Waals surface area contributed by atoms with Crippen molar-refractivity contribution < 1.29 is 9.53 Å². The number of amides is 1. The number of nitrogens with one attached hydrogen (secondary N) is 1. The van der Waals surface area contributed by atoms with Crippen molar-refractivity contribution >= 4 is 5.91 Å². The summed E-state index contributed by atoms with van der Waals surface area (Å²) in [6, 6.07) is 5.68. The van der Waals surface area contributed by atoms with Crippen LogP contribution in [0.15, 0.2) is 30.6 Å². The topological polar surface area (TPSA) is 77.0 Å². The molecule has 2 aromatic rings. The predicted molar refractivity (Wildman–Crippen MR) is 88.1 cm³/mol. The molecule has 2 atom stereocenters. The average molecular weight is 324 g/mol. The van der Waals surface area contributed by atoms with Crippen molar-refractivity contribution in [3.05, 3.63) is 41.9 Å². The van der Waals surface area contributed by atoms with Gasteiger partial charge in [0.15, 0.2) is 5.82 Å². The van der Waals surface area contributed by atoms with E-state index in [9.17, 15) is 4.79 Å². The van der Waals surface area contributed by atoms with Crippen LogP contribution in [0.5, 0.6) is 0 Å². The molecule has 0 bridgehead atoms. The highest BCUT2D eigenvalue weighted by atomic mass is 16.5. The van der Waals surface area contributed by atoms with Crippen LogP contribution in [-0.4, -0.2) is 33.6 Å². The zero-order chi connectivity index (χ0) is 16.4. The number of rotatable bonds is 3. The number of fused-ring (bicyclic) bond motifs is 1. The van der Waals surface area contributed by atoms with Crippen molar-refractivity contribution in [2.75, 3.05) is 6.61 Å². The fourth-order valence-corrected chi connectivity index (χ4v) is 3.36. The standard InChI is InChI=1S/C18H20N4O2/c23-18(16-8-4-10-24-16)22-14-7-3-6-13-12(14)11-20-17(21-13)15-5-1-2-9-19-15/h1-2,5,9,11,14,16H,3-4,6-8,10H2,(H,22,23). The lowest BCUT2D eigenvalue weighted by Gasteiger charge is -2.26. The highest BCUT2D eigenvalue weighted by Crippen LogP contribution is 2.29. The van der Waals surface area contributed by atoms with Crippen molar-refractivity contribution in [3.63, 3.8) is 0 Å². The minimum atomic E-state index is -0.302. The molecule has 124 valence electrons. The predicted octanol–water partition coefficient (Wildman–Crippen LogP) is 2.21. The second-order valence-corrected chi connectivity index (χ2v) is 6.27. The Morgan fingerprint density at radius 2 is 2.17 bits per heavy atom. The average Bonchev–Trinajstić information content (AvgIpc) is 3.17. The lowest BCUT2D eigenvalue weighted by molar-refractivity contribution is -0.130. The molecule has 2 unspecified atom stereocenters. The second kappa shape index (κ2) is 6.65. The Bertz CT molecular complexity index is 729. The van der Waals surface area contributed by atoms with Crippen LogP contribution in [-0.2, 0) is 16.0 Å². The number of carbonyl (C=O) groups is 1. The molecule has 0 radical (unpaired) electrons. The summed E-state index contributed by atoms with van der Waals surface area (Å²) in [6.45, 7) is 0.676. The van der Waals surface area contributed by atoms with E-state index in [1.165, 1.54) is 0 Å². The van der Waals surface area contributed by atoms with E-state index in [2.05, 4.69) is 20.3 Å². The minimum absolute atomic E-state index is 0.0147. The summed E-state index contributed by atoms with van der Waals surface area (Å²) in [7, 11) is 0. The normalized spacial score (nSPS) is 22.8. The molecular formula is C18H20N4O2. The molecule has 0 saturated carbocycles. The molecule has 1 fully saturated rings. The van der Waals surface area contributed by atoms with Gasteiger partial charge in [-0.15, -0.1) is 0 Å². The SMILES string of the molecule is O=C(NC1CCCc2nc(-c3ccccn3)ncc21)C1CCCO1. The van der Waals surface area contributed by atoms with Gasteiger partial charge in [0.05, 0.1) is 6.04 Å². The molecule has 0 aromatic carbocycles. The molecular weight excluding hydrogens is 304 g/mol. The Kier molecular flexibility index (Phi) is 4.21. The van der Waals surface area contributed by atoms with Crippen molar-refractivity contribution in [2.24, 2.45) is 0 Å². The first-order valence-electron chi connectivity index (χ1n) is 8.50. The van der Waals surface area contributed by atoms with Crippen molar-refractivity contribution in [2.45, 2.75) is 44.2 Å². The molecule has 1 saturated heterocycles. The molecule has 24 heavy (non-hydrogen) atoms. The van der Waals surface area contributed by atoms with E-state index >= 15 is 0 Å². The highest BCUT2D eigenvalue weighted by Gasteiger charge is 2.29. The lowest BCUT2D eigenvalue weighted by atomic mass is 9.92. The van der Waals surface area contributed by atoms with Gasteiger partial charge in [0.25, 0.3) is 0 Å². The van der Waals surface area contributed by atoms with E-state index in [-0.39, 0.29) is 18.1 Å². The van der Waals surface area contributed by atoms with Crippen LogP contribution in [0.3, 0.4) is 0 Å². The molecule has 1 amide bonds. The first kappa shape index (κ1) is 15.2. The molecule has 1 aliphatic carbocycles. The zero-order valence-electron chi connectivity index (χ0n) is 13.4. The molecule has 6 heteroatoms. The third-order valence-corrected chi connectivity index (χ3v) is 4.61. The molecule has 3 heterocycles. The second-order valence-electron chi connectivity index (χ2n) is 6.27. The first-order valence-corrected chi connectivity index (χ1v) is 8.50. The van der Waals surface area contributed by atoms with E-state index in [4.69, 9.17) is 4.74 Å². The van der Waals surface area contributed by atoms with Gasteiger partial charge in [-0.2, -0.15) is 0 Å². The number of pyridine rings is 1. The summed E-state index contributed by atoms with van der Waals surface area (Å²) in [5.74, 6) is 0.625. The van der Waals surface area contributed by atoms with Gasteiger partial charge in [-0.3, -0.25) is 9.78 Å². The Morgan fingerprint density at radius 3 is 2.96 bits per heavy atom. The number of aryl methyl sites for hydroxylation is 1. The number of hydrogen-bond donors (Lipinski definition) is 1. The summed E-state index contributed by atoms with van der Waals surface area (Å²) < 4.78 is 5.47. The van der Waals surface area contributed by atoms with Crippen LogP contribution in [0, 0.1) is 0 Å². The Balaban J connectivity index is 1.55. The van der Waals surface area contributed by atoms with Crippen LogP contribution < -0.4 is 5.32 Å². The smallest absolute Gasteiger partial charge is 0.249 e. The first-order chi connectivity index (χ1) is 11.8. The van der Waals surface area contributed by atoms with Gasteiger partial charge in [0.2, 0.25) is 5.91 Å². The Morgan fingerprint density at radius 1 is 1.21 bits per heavy atom. The zero-order valence-corrected chi connectivity index (χ0v) is 13.4. The quantitative estimate of drug-likeness (QED) is 0.936. The Labute approximate surface area is 140 Å². The van der Waals surface area contributed by atoms with E-state index in [1.54, 1.807) is 6.20 Å². The summed E-state index contributed by atoms with van der Waals surface area (Å²) in [6.07, 6.45) is 7.86. The van der Waals surface area contributed by atoms with Crippen LogP contribution >= 0.6 is 0 Å². The molecule has 4 rings (SSSR count). The Hall–Kier alpha value is -2.34. The van der Waals surface area contributed by atoms with E-state index in [1.807, 2.05) is 24.4 Å². The highest BCUT2D eigenvalue weighted by molar-refractivity contribution is 5.81. The maximum absolute atomic E-state index is 12.3. The van der Waals surface area contributed by atoms with Crippen LogP contribution in [0.2, 0.25) is 0 Å². The van der Waals surface area contributed by atoms with Gasteiger partial charge in [-0.05, 0) is 44.2 Å². The van der Waals surface area contributed by atoms with Crippen LogP contribution in [0.1, 0.15) is 43.0 Å². The molecule has 6 nitrogen and oxygen atoms in total. The van der Waals surface area contributed by atoms with Gasteiger partial charge >= 0.3 is 0 Å². The fraction of sp³-hybridized carbons (Fsp3) is 0.444. The minimum Gasteiger partial charge on any atom is -0.368 e. The summed E-state index contributed by atoms with van der Waals surface area (Å²) >= 11 is 0. The van der Waals surface area contributed by atoms with Crippen molar-refractivity contribution in [1.29, 1.82) is 0 Å². The molecule has 1 N–H and O–H groups in total. The van der Waals surface area contributed by atoms with Crippen molar-refractivity contribution in [1.82, 2.24) is 20.3 Å². The monoisotopic (exact) mass is 324 g/mol. The van der Waals surface area contributed by atoms with Gasteiger partial charge in [0, 0.05) is 30.3 Å². The number of carbonyl (C=O) groups excluding carboxylic acids is 1. The van der Waals surface area contributed by atoms with Crippen LogP contribution in [0.4, 0.5) is 0 Å². The van der Waals surface area contributed by atoms with E-state index in [0.717, 1.165) is 49.1 Å². The molecule has 0 spiro atoms.